The van der Waals surface area contributed by atoms with Crippen LogP contribution in [0.25, 0.3) is 0 Å². The molecule has 8 heteroatoms. The number of rotatable bonds is 2. The molecule has 0 bridgehead atoms. The lowest BCUT2D eigenvalue weighted by Crippen LogP contribution is -2.21. The van der Waals surface area contributed by atoms with Gasteiger partial charge in [-0.2, -0.15) is 0 Å². The van der Waals surface area contributed by atoms with Crippen LogP contribution < -0.4 is 0 Å². The summed E-state index contributed by atoms with van der Waals surface area (Å²) in [6.45, 7) is 0. The van der Waals surface area contributed by atoms with Crippen molar-refractivity contribution in [3.8, 4) is 0 Å². The zero-order valence-electron chi connectivity index (χ0n) is 7.41. The Bertz CT molecular complexity index is 422. The zero-order valence-corrected chi connectivity index (χ0v) is 9.68. The molecule has 0 aliphatic rings. The third kappa shape index (κ3) is 2.42. The van der Waals surface area contributed by atoms with Gasteiger partial charge in [-0.1, -0.05) is 34.8 Å². The van der Waals surface area contributed by atoms with E-state index in [1.165, 1.54) is 19.2 Å². The molecule has 1 heterocycles. The molecule has 82 valence electrons. The summed E-state index contributed by atoms with van der Waals surface area (Å²) in [7, 11) is 1.35. The molecule has 0 aliphatic heterocycles. The normalized spacial score (nSPS) is 11.5. The van der Waals surface area contributed by atoms with Gasteiger partial charge in [0.1, 0.15) is 0 Å². The number of hydrogen-bond acceptors (Lipinski definition) is 3. The summed E-state index contributed by atoms with van der Waals surface area (Å²) >= 11 is 16.1. The molecule has 1 rings (SSSR count). The molecule has 0 unspecified atom stereocenters. The Hall–Kier alpha value is -0.780. The van der Waals surface area contributed by atoms with Gasteiger partial charge in [0, 0.05) is 6.07 Å². The second kappa shape index (κ2) is 4.00. The van der Waals surface area contributed by atoms with Crippen molar-refractivity contribution in [2.24, 2.45) is 7.05 Å². The number of hydrogen-bond donors (Lipinski definition) is 0. The van der Waals surface area contributed by atoms with Crippen LogP contribution in [0.15, 0.2) is 12.1 Å². The molecule has 0 aromatic carbocycles. The van der Waals surface area contributed by atoms with Crippen molar-refractivity contribution in [2.45, 2.75) is 3.79 Å². The van der Waals surface area contributed by atoms with E-state index >= 15 is 0 Å². The van der Waals surface area contributed by atoms with Crippen LogP contribution in [0.1, 0.15) is 10.5 Å². The van der Waals surface area contributed by atoms with E-state index in [0.717, 1.165) is 4.57 Å². The fourth-order valence-corrected chi connectivity index (χ4v) is 1.35. The standard InChI is InChI=1S/C7H5Cl3N2O3/c1-11-4(6(13)7(8,9)10)2-3-5(11)12(14)15/h2-3H,1H3. The first-order chi connectivity index (χ1) is 6.75. The summed E-state index contributed by atoms with van der Waals surface area (Å²) in [6, 6.07) is 2.41. The number of halogens is 3. The van der Waals surface area contributed by atoms with Crippen LogP contribution >= 0.6 is 34.8 Å². The maximum absolute atomic E-state index is 11.5. The van der Waals surface area contributed by atoms with Crippen LogP contribution in [0, 0.1) is 10.1 Å². The van der Waals surface area contributed by atoms with Crippen molar-refractivity contribution in [1.29, 1.82) is 0 Å². The molecule has 0 aliphatic carbocycles. The van der Waals surface area contributed by atoms with Crippen molar-refractivity contribution < 1.29 is 9.72 Å². The van der Waals surface area contributed by atoms with Crippen LogP contribution in [0.3, 0.4) is 0 Å². The van der Waals surface area contributed by atoms with E-state index in [1.54, 1.807) is 0 Å². The molecule has 0 radical (unpaired) electrons. The van der Waals surface area contributed by atoms with Crippen LogP contribution in [-0.2, 0) is 7.05 Å². The number of aromatic nitrogens is 1. The Labute approximate surface area is 99.7 Å². The summed E-state index contributed by atoms with van der Waals surface area (Å²) in [4.78, 5) is 21.3. The largest absolute Gasteiger partial charge is 0.358 e. The quantitative estimate of drug-likeness (QED) is 0.359. The van der Waals surface area contributed by atoms with Gasteiger partial charge in [-0.3, -0.25) is 4.79 Å². The summed E-state index contributed by atoms with van der Waals surface area (Å²) in [5, 5.41) is 10.5. The minimum atomic E-state index is -2.11. The van der Waals surface area contributed by atoms with Crippen molar-refractivity contribution in [2.75, 3.05) is 0 Å². The number of carbonyl (C=O) groups excluding carboxylic acids is 1. The first-order valence-electron chi connectivity index (χ1n) is 3.66. The van der Waals surface area contributed by atoms with E-state index in [4.69, 9.17) is 34.8 Å². The molecule has 5 nitrogen and oxygen atoms in total. The van der Waals surface area contributed by atoms with E-state index < -0.39 is 14.5 Å². The lowest BCUT2D eigenvalue weighted by Gasteiger charge is -2.07. The predicted molar refractivity (Wildman–Crippen MR) is 56.7 cm³/mol. The van der Waals surface area contributed by atoms with Crippen LogP contribution in [0.5, 0.6) is 0 Å². The number of nitrogens with zero attached hydrogens (tertiary/aromatic N) is 2. The summed E-state index contributed by atoms with van der Waals surface area (Å²) < 4.78 is -1.05. The van der Waals surface area contributed by atoms with Crippen molar-refractivity contribution in [3.05, 3.63) is 27.9 Å². The molecule has 1 aromatic rings. The highest BCUT2D eigenvalue weighted by atomic mass is 35.6. The van der Waals surface area contributed by atoms with Gasteiger partial charge >= 0.3 is 5.82 Å². The molecule has 0 atom stereocenters. The van der Waals surface area contributed by atoms with Gasteiger partial charge in [0.25, 0.3) is 9.58 Å². The van der Waals surface area contributed by atoms with Crippen molar-refractivity contribution >= 4 is 46.4 Å². The molecule has 0 amide bonds. The minimum absolute atomic E-state index is 0.0262. The van der Waals surface area contributed by atoms with Crippen LogP contribution in [-0.4, -0.2) is 19.1 Å². The van der Waals surface area contributed by atoms with Gasteiger partial charge in [-0.05, 0) is 11.0 Å². The van der Waals surface area contributed by atoms with E-state index in [0.29, 0.717) is 0 Å². The Kier molecular flexibility index (Phi) is 3.28. The van der Waals surface area contributed by atoms with Crippen LogP contribution in [0.4, 0.5) is 5.82 Å². The first-order valence-corrected chi connectivity index (χ1v) is 4.80. The number of carbonyl (C=O) groups is 1. The van der Waals surface area contributed by atoms with Gasteiger partial charge < -0.3 is 10.1 Å². The fraction of sp³-hybridized carbons (Fsp3) is 0.286. The Balaban J connectivity index is 3.19. The third-order valence-corrected chi connectivity index (χ3v) is 2.29. The van der Waals surface area contributed by atoms with Crippen LogP contribution in [0.2, 0.25) is 0 Å². The smallest absolute Gasteiger partial charge is 0.323 e. The average Bonchev–Trinajstić information content (AvgIpc) is 2.44. The third-order valence-electron chi connectivity index (χ3n) is 1.77. The van der Waals surface area contributed by atoms with Gasteiger partial charge in [-0.25, -0.2) is 4.57 Å². The minimum Gasteiger partial charge on any atom is -0.358 e. The number of Topliss-reactive ketones (excluding diaryl/α,β-unsaturated/α-hetero) is 1. The van der Waals surface area contributed by atoms with Gasteiger partial charge in [-0.15, -0.1) is 0 Å². The van der Waals surface area contributed by atoms with E-state index in [2.05, 4.69) is 0 Å². The average molecular weight is 271 g/mol. The fourth-order valence-electron chi connectivity index (χ4n) is 1.06. The molecule has 0 fully saturated rings. The summed E-state index contributed by atoms with van der Waals surface area (Å²) in [6.07, 6.45) is 0. The molecule has 15 heavy (non-hydrogen) atoms. The summed E-state index contributed by atoms with van der Waals surface area (Å²) in [5.74, 6) is -1.05. The molecule has 0 saturated heterocycles. The molecular formula is C7H5Cl3N2O3. The zero-order chi connectivity index (χ0) is 11.8. The second-order valence-electron chi connectivity index (χ2n) is 2.72. The SMILES string of the molecule is Cn1c(C(=O)C(Cl)(Cl)Cl)ccc1[N+](=O)[O-]. The van der Waals surface area contributed by atoms with Gasteiger partial charge in [0.2, 0.25) is 0 Å². The van der Waals surface area contributed by atoms with Crippen molar-refractivity contribution in [3.63, 3.8) is 0 Å². The Morgan fingerprint density at radius 2 is 2.00 bits per heavy atom. The molecule has 1 aromatic heterocycles. The lowest BCUT2D eigenvalue weighted by molar-refractivity contribution is -0.391. The first kappa shape index (κ1) is 12.3. The Morgan fingerprint density at radius 1 is 1.47 bits per heavy atom. The van der Waals surface area contributed by atoms with E-state index in [-0.39, 0.29) is 11.5 Å². The number of ketones is 1. The predicted octanol–water partition coefficient (Wildman–Crippen LogP) is 2.49. The summed E-state index contributed by atoms with van der Waals surface area (Å²) in [5.41, 5.74) is -0.0262. The molecule has 0 N–H and O–H groups in total. The van der Waals surface area contributed by atoms with E-state index in [9.17, 15) is 14.9 Å². The van der Waals surface area contributed by atoms with Gasteiger partial charge in [0.15, 0.2) is 5.69 Å². The topological polar surface area (TPSA) is 65.1 Å². The van der Waals surface area contributed by atoms with Crippen molar-refractivity contribution in [1.82, 2.24) is 4.57 Å². The van der Waals surface area contributed by atoms with Gasteiger partial charge in [0.05, 0.1) is 7.05 Å². The maximum Gasteiger partial charge on any atom is 0.323 e. The highest BCUT2D eigenvalue weighted by Crippen LogP contribution is 2.31. The number of nitro groups is 1. The van der Waals surface area contributed by atoms with E-state index in [1.807, 2.05) is 0 Å². The maximum atomic E-state index is 11.5. The highest BCUT2D eigenvalue weighted by Gasteiger charge is 2.36. The Morgan fingerprint density at radius 3 is 2.33 bits per heavy atom. The molecular weight excluding hydrogens is 266 g/mol. The molecule has 0 saturated carbocycles. The lowest BCUT2D eigenvalue weighted by atomic mass is 10.3. The number of alkyl halides is 3. The molecule has 0 spiro atoms. The second-order valence-corrected chi connectivity index (χ2v) is 5.00. The monoisotopic (exact) mass is 270 g/mol. The highest BCUT2D eigenvalue weighted by molar-refractivity contribution is 6.77.